The molecule has 4 N–H and O–H groups in total. The number of nitrogens with one attached hydrogen (secondary N) is 2. The maximum Gasteiger partial charge on any atom is 0.239 e. The number of hydrogen-bond acceptors (Lipinski definition) is 4. The lowest BCUT2D eigenvalue weighted by molar-refractivity contribution is -0.125. The van der Waals surface area contributed by atoms with Crippen molar-refractivity contribution in [3.63, 3.8) is 0 Å². The van der Waals surface area contributed by atoms with Crippen molar-refractivity contribution >= 4 is 11.8 Å². The van der Waals surface area contributed by atoms with Crippen molar-refractivity contribution in [1.29, 1.82) is 0 Å². The molecule has 6 heteroatoms. The Bertz CT molecular complexity index is 276. The normalized spacial score (nSPS) is 16.7. The van der Waals surface area contributed by atoms with E-state index in [4.69, 9.17) is 5.73 Å². The van der Waals surface area contributed by atoms with Gasteiger partial charge >= 0.3 is 0 Å². The number of nitrogens with two attached hydrogens (primary N) is 1. The smallest absolute Gasteiger partial charge is 0.239 e. The second kappa shape index (κ2) is 9.75. The standard InChI is InChI=1S/C13H26N4O2/c14-10-12(18)16-11-13(19)15-6-5-9-17-7-3-1-2-4-8-17/h1-11,14H2,(H,15,19)(H,16,18). The minimum atomic E-state index is -0.306. The molecule has 0 spiro atoms. The van der Waals surface area contributed by atoms with Gasteiger partial charge in [-0.05, 0) is 38.9 Å². The van der Waals surface area contributed by atoms with E-state index < -0.39 is 0 Å². The van der Waals surface area contributed by atoms with Gasteiger partial charge in [0.15, 0.2) is 0 Å². The molecule has 1 aliphatic rings. The SMILES string of the molecule is NCC(=O)NCC(=O)NCCCN1CCCCCC1. The Morgan fingerprint density at radius 3 is 2.32 bits per heavy atom. The highest BCUT2D eigenvalue weighted by atomic mass is 16.2. The monoisotopic (exact) mass is 270 g/mol. The minimum absolute atomic E-state index is 0.0136. The number of likely N-dealkylation sites (tertiary alicyclic amines) is 1. The third kappa shape index (κ3) is 7.79. The molecular weight excluding hydrogens is 244 g/mol. The van der Waals surface area contributed by atoms with E-state index in [1.807, 2.05) is 0 Å². The number of hydrogen-bond donors (Lipinski definition) is 3. The van der Waals surface area contributed by atoms with E-state index >= 15 is 0 Å². The highest BCUT2D eigenvalue weighted by molar-refractivity contribution is 5.85. The van der Waals surface area contributed by atoms with Crippen LogP contribution in [0.3, 0.4) is 0 Å². The van der Waals surface area contributed by atoms with Crippen LogP contribution in [0, 0.1) is 0 Å². The van der Waals surface area contributed by atoms with Crippen LogP contribution in [0.25, 0.3) is 0 Å². The molecule has 0 aliphatic carbocycles. The van der Waals surface area contributed by atoms with Crippen LogP contribution in [0.5, 0.6) is 0 Å². The summed E-state index contributed by atoms with van der Waals surface area (Å²) < 4.78 is 0. The maximum atomic E-state index is 11.4. The third-order valence-electron chi connectivity index (χ3n) is 3.30. The first kappa shape index (κ1) is 15.9. The summed E-state index contributed by atoms with van der Waals surface area (Å²) in [4.78, 5) is 24.7. The van der Waals surface area contributed by atoms with Gasteiger partial charge in [0.2, 0.25) is 11.8 Å². The van der Waals surface area contributed by atoms with E-state index in [1.54, 1.807) is 0 Å². The largest absolute Gasteiger partial charge is 0.355 e. The van der Waals surface area contributed by atoms with Gasteiger partial charge in [-0.2, -0.15) is 0 Å². The van der Waals surface area contributed by atoms with Crippen LogP contribution >= 0.6 is 0 Å². The van der Waals surface area contributed by atoms with Gasteiger partial charge in [-0.1, -0.05) is 12.8 Å². The second-order valence-corrected chi connectivity index (χ2v) is 4.94. The van der Waals surface area contributed by atoms with E-state index in [9.17, 15) is 9.59 Å². The molecule has 1 heterocycles. The number of carbonyl (C=O) groups is 2. The second-order valence-electron chi connectivity index (χ2n) is 4.94. The molecule has 0 radical (unpaired) electrons. The van der Waals surface area contributed by atoms with Crippen molar-refractivity contribution in [1.82, 2.24) is 15.5 Å². The Hall–Kier alpha value is -1.14. The molecule has 2 amide bonds. The highest BCUT2D eigenvalue weighted by Gasteiger charge is 2.08. The molecule has 1 rings (SSSR count). The molecule has 0 saturated carbocycles. The lowest BCUT2D eigenvalue weighted by Crippen LogP contribution is -2.40. The van der Waals surface area contributed by atoms with Crippen LogP contribution in [0.15, 0.2) is 0 Å². The van der Waals surface area contributed by atoms with Gasteiger partial charge in [0.1, 0.15) is 0 Å². The summed E-state index contributed by atoms with van der Waals surface area (Å²) in [6, 6.07) is 0. The summed E-state index contributed by atoms with van der Waals surface area (Å²) >= 11 is 0. The fraction of sp³-hybridized carbons (Fsp3) is 0.846. The predicted octanol–water partition coefficient (Wildman–Crippen LogP) is -0.556. The van der Waals surface area contributed by atoms with E-state index in [-0.39, 0.29) is 24.9 Å². The van der Waals surface area contributed by atoms with Gasteiger partial charge in [0.25, 0.3) is 0 Å². The fourth-order valence-corrected chi connectivity index (χ4v) is 2.20. The van der Waals surface area contributed by atoms with Crippen molar-refractivity contribution in [2.75, 3.05) is 39.3 Å². The van der Waals surface area contributed by atoms with Crippen LogP contribution < -0.4 is 16.4 Å². The maximum absolute atomic E-state index is 11.4. The van der Waals surface area contributed by atoms with E-state index in [1.165, 1.54) is 38.8 Å². The van der Waals surface area contributed by atoms with Gasteiger partial charge in [0.05, 0.1) is 13.1 Å². The van der Waals surface area contributed by atoms with E-state index in [0.717, 1.165) is 13.0 Å². The van der Waals surface area contributed by atoms with Crippen LogP contribution in [-0.4, -0.2) is 56.0 Å². The Morgan fingerprint density at radius 2 is 1.68 bits per heavy atom. The molecule has 0 bridgehead atoms. The quantitative estimate of drug-likeness (QED) is 0.541. The van der Waals surface area contributed by atoms with Crippen molar-refractivity contribution < 1.29 is 9.59 Å². The first-order valence-corrected chi connectivity index (χ1v) is 7.18. The highest BCUT2D eigenvalue weighted by Crippen LogP contribution is 2.09. The summed E-state index contributed by atoms with van der Waals surface area (Å²) in [5, 5.41) is 5.24. The molecule has 1 aliphatic heterocycles. The molecule has 1 saturated heterocycles. The molecular formula is C13H26N4O2. The summed E-state index contributed by atoms with van der Waals surface area (Å²) in [5.74, 6) is -0.461. The molecule has 110 valence electrons. The molecule has 1 fully saturated rings. The van der Waals surface area contributed by atoms with Gasteiger partial charge < -0.3 is 21.3 Å². The number of rotatable bonds is 7. The van der Waals surface area contributed by atoms with Crippen LogP contribution in [-0.2, 0) is 9.59 Å². The van der Waals surface area contributed by atoms with Gasteiger partial charge in [-0.3, -0.25) is 9.59 Å². The van der Waals surface area contributed by atoms with Crippen molar-refractivity contribution in [3.05, 3.63) is 0 Å². The van der Waals surface area contributed by atoms with Gasteiger partial charge in [-0.25, -0.2) is 0 Å². The molecule has 0 aromatic carbocycles. The predicted molar refractivity (Wildman–Crippen MR) is 74.6 cm³/mol. The minimum Gasteiger partial charge on any atom is -0.355 e. The number of amides is 2. The Labute approximate surface area is 115 Å². The third-order valence-corrected chi connectivity index (χ3v) is 3.30. The summed E-state index contributed by atoms with van der Waals surface area (Å²) in [7, 11) is 0. The van der Waals surface area contributed by atoms with E-state index in [0.29, 0.717) is 6.54 Å². The van der Waals surface area contributed by atoms with Crippen molar-refractivity contribution in [2.45, 2.75) is 32.1 Å². The Morgan fingerprint density at radius 1 is 1.00 bits per heavy atom. The zero-order valence-corrected chi connectivity index (χ0v) is 11.6. The lowest BCUT2D eigenvalue weighted by Gasteiger charge is -2.19. The van der Waals surface area contributed by atoms with Crippen molar-refractivity contribution in [3.8, 4) is 0 Å². The average Bonchev–Trinajstić information content (AvgIpc) is 2.69. The Balaban J connectivity index is 2.00. The van der Waals surface area contributed by atoms with E-state index in [2.05, 4.69) is 15.5 Å². The topological polar surface area (TPSA) is 87.5 Å². The first-order valence-electron chi connectivity index (χ1n) is 7.18. The van der Waals surface area contributed by atoms with Crippen LogP contribution in [0.1, 0.15) is 32.1 Å². The zero-order chi connectivity index (χ0) is 13.9. The molecule has 0 aromatic rings. The van der Waals surface area contributed by atoms with Gasteiger partial charge in [-0.15, -0.1) is 0 Å². The zero-order valence-electron chi connectivity index (χ0n) is 11.6. The first-order chi connectivity index (χ1) is 9.22. The summed E-state index contributed by atoms with van der Waals surface area (Å²) in [6.07, 6.45) is 6.22. The Kier molecular flexibility index (Phi) is 8.16. The van der Waals surface area contributed by atoms with Crippen molar-refractivity contribution in [2.24, 2.45) is 5.73 Å². The lowest BCUT2D eigenvalue weighted by atomic mass is 10.2. The summed E-state index contributed by atoms with van der Waals surface area (Å²) in [5.41, 5.74) is 5.13. The van der Waals surface area contributed by atoms with Crippen LogP contribution in [0.2, 0.25) is 0 Å². The number of nitrogens with zero attached hydrogens (tertiary/aromatic N) is 1. The molecule has 0 aromatic heterocycles. The number of carbonyl (C=O) groups excluding carboxylic acids is 2. The molecule has 0 unspecified atom stereocenters. The molecule has 6 nitrogen and oxygen atoms in total. The fourth-order valence-electron chi connectivity index (χ4n) is 2.20. The van der Waals surface area contributed by atoms with Crippen LogP contribution in [0.4, 0.5) is 0 Å². The summed E-state index contributed by atoms with van der Waals surface area (Å²) in [6.45, 7) is 3.99. The average molecular weight is 270 g/mol. The molecule has 0 atom stereocenters. The molecule has 19 heavy (non-hydrogen) atoms. The van der Waals surface area contributed by atoms with Gasteiger partial charge in [0, 0.05) is 6.54 Å².